The molecule has 1 atom stereocenters. The Morgan fingerprint density at radius 2 is 1.83 bits per heavy atom. The predicted molar refractivity (Wildman–Crippen MR) is 98.5 cm³/mol. The van der Waals surface area contributed by atoms with Crippen LogP contribution in [0.5, 0.6) is 0 Å². The largest absolute Gasteiger partial charge is 0.361 e. The molecule has 2 aromatic rings. The number of nitrogens with zero attached hydrogens (tertiary/aromatic N) is 1. The Morgan fingerprint density at radius 1 is 1.17 bits per heavy atom. The monoisotopic (exact) mass is 351 g/mol. The number of hydrogen-bond acceptors (Lipinski definition) is 2. The van der Waals surface area contributed by atoms with Crippen LogP contribution < -0.4 is 10.6 Å². The summed E-state index contributed by atoms with van der Waals surface area (Å²) in [6, 6.07) is 13.9. The molecule has 0 bridgehead atoms. The molecule has 23 heavy (non-hydrogen) atoms. The van der Waals surface area contributed by atoms with E-state index in [2.05, 4.69) is 15.5 Å². The van der Waals surface area contributed by atoms with E-state index in [1.807, 2.05) is 38.4 Å². The molecule has 0 unspecified atom stereocenters. The molecule has 0 amide bonds. The van der Waals surface area contributed by atoms with E-state index in [1.54, 1.807) is 12.1 Å². The molecule has 2 N–H and O–H groups in total. The molecule has 0 radical (unpaired) electrons. The third kappa shape index (κ3) is 5.16. The number of hydrogen-bond donors (Lipinski definition) is 2. The van der Waals surface area contributed by atoms with Gasteiger partial charge in [-0.05, 0) is 62.2 Å². The summed E-state index contributed by atoms with van der Waals surface area (Å²) >= 11 is 11.6. The number of halogens is 2. The molecule has 122 valence electrons. The maximum atomic E-state index is 12.9. The molecular formula is C17H19ClFN3S. The fourth-order valence-electron chi connectivity index (χ4n) is 2.21. The average molecular weight is 352 g/mol. The van der Waals surface area contributed by atoms with Gasteiger partial charge in [-0.1, -0.05) is 29.8 Å². The van der Waals surface area contributed by atoms with Crippen LogP contribution in [0.2, 0.25) is 5.02 Å². The highest BCUT2D eigenvalue weighted by molar-refractivity contribution is 7.80. The molecule has 0 fully saturated rings. The molecule has 0 heterocycles. The fourth-order valence-corrected chi connectivity index (χ4v) is 2.68. The number of benzene rings is 2. The minimum absolute atomic E-state index is 0.0802. The van der Waals surface area contributed by atoms with Crippen molar-refractivity contribution in [3.8, 4) is 0 Å². The molecule has 0 saturated heterocycles. The molecule has 2 rings (SSSR count). The summed E-state index contributed by atoms with van der Waals surface area (Å²) in [5, 5.41) is 7.42. The van der Waals surface area contributed by atoms with Gasteiger partial charge >= 0.3 is 0 Å². The van der Waals surface area contributed by atoms with Crippen LogP contribution >= 0.6 is 23.8 Å². The van der Waals surface area contributed by atoms with E-state index in [0.29, 0.717) is 11.7 Å². The maximum absolute atomic E-state index is 12.9. The molecule has 6 heteroatoms. The van der Waals surface area contributed by atoms with Gasteiger partial charge in [-0.3, -0.25) is 0 Å². The summed E-state index contributed by atoms with van der Waals surface area (Å²) in [7, 11) is 3.98. The Morgan fingerprint density at radius 3 is 2.43 bits per heavy atom. The minimum atomic E-state index is -0.277. The van der Waals surface area contributed by atoms with E-state index in [9.17, 15) is 4.39 Å². The lowest BCUT2D eigenvalue weighted by Crippen LogP contribution is -2.36. The highest BCUT2D eigenvalue weighted by atomic mass is 35.5. The third-order valence-electron chi connectivity index (χ3n) is 3.45. The molecule has 0 saturated carbocycles. The van der Waals surface area contributed by atoms with Crippen molar-refractivity contribution in [1.29, 1.82) is 0 Å². The molecule has 0 spiro atoms. The van der Waals surface area contributed by atoms with Gasteiger partial charge in [0.1, 0.15) is 5.82 Å². The van der Waals surface area contributed by atoms with Crippen molar-refractivity contribution in [2.24, 2.45) is 0 Å². The molecule has 0 aliphatic carbocycles. The van der Waals surface area contributed by atoms with Crippen LogP contribution in [-0.2, 0) is 0 Å². The normalized spacial score (nSPS) is 12.0. The zero-order valence-electron chi connectivity index (χ0n) is 13.0. The van der Waals surface area contributed by atoms with E-state index in [0.717, 1.165) is 16.3 Å². The van der Waals surface area contributed by atoms with E-state index in [-0.39, 0.29) is 11.9 Å². The van der Waals surface area contributed by atoms with Gasteiger partial charge in [0.15, 0.2) is 5.11 Å². The number of thiocarbonyl (C=S) groups is 1. The Kier molecular flexibility index (Phi) is 6.33. The van der Waals surface area contributed by atoms with E-state index in [1.165, 1.54) is 12.1 Å². The Bertz CT molecular complexity index is 661. The first-order valence-electron chi connectivity index (χ1n) is 7.18. The molecule has 0 aliphatic rings. The lowest BCUT2D eigenvalue weighted by atomic mass is 10.1. The van der Waals surface area contributed by atoms with Gasteiger partial charge in [0, 0.05) is 17.3 Å². The van der Waals surface area contributed by atoms with Gasteiger partial charge in [-0.25, -0.2) is 4.39 Å². The topological polar surface area (TPSA) is 27.3 Å². The van der Waals surface area contributed by atoms with Crippen LogP contribution in [0.3, 0.4) is 0 Å². The number of rotatable bonds is 5. The van der Waals surface area contributed by atoms with Gasteiger partial charge in [0.25, 0.3) is 0 Å². The fraction of sp³-hybridized carbons (Fsp3) is 0.235. The average Bonchev–Trinajstić information content (AvgIpc) is 2.51. The summed E-state index contributed by atoms with van der Waals surface area (Å²) in [6.45, 7) is 0.601. The van der Waals surface area contributed by atoms with E-state index in [4.69, 9.17) is 23.8 Å². The van der Waals surface area contributed by atoms with E-state index >= 15 is 0 Å². The zero-order valence-corrected chi connectivity index (χ0v) is 14.6. The summed E-state index contributed by atoms with van der Waals surface area (Å²) in [5.74, 6) is -0.277. The van der Waals surface area contributed by atoms with Gasteiger partial charge in [0.2, 0.25) is 0 Å². The summed E-state index contributed by atoms with van der Waals surface area (Å²) in [5.41, 5.74) is 1.78. The lowest BCUT2D eigenvalue weighted by Gasteiger charge is -2.26. The van der Waals surface area contributed by atoms with E-state index < -0.39 is 0 Å². The molecule has 3 nitrogen and oxygen atoms in total. The first-order valence-corrected chi connectivity index (χ1v) is 7.97. The quantitative estimate of drug-likeness (QED) is 0.794. The number of anilines is 1. The second-order valence-corrected chi connectivity index (χ2v) is 6.16. The smallest absolute Gasteiger partial charge is 0.170 e. The molecule has 0 aliphatic heterocycles. The van der Waals surface area contributed by atoms with Crippen molar-refractivity contribution in [1.82, 2.24) is 10.2 Å². The maximum Gasteiger partial charge on any atom is 0.170 e. The summed E-state index contributed by atoms with van der Waals surface area (Å²) < 4.78 is 12.9. The third-order valence-corrected chi connectivity index (χ3v) is 4.04. The van der Waals surface area contributed by atoms with Gasteiger partial charge in [-0.2, -0.15) is 0 Å². The SMILES string of the molecule is CN(C)[C@H](CNC(=S)Nc1ccc(F)cc1)c1ccccc1Cl. The van der Waals surface area contributed by atoms with Crippen LogP contribution in [0, 0.1) is 5.82 Å². The van der Waals surface area contributed by atoms with Crippen LogP contribution in [0.4, 0.5) is 10.1 Å². The molecule has 0 aromatic heterocycles. The lowest BCUT2D eigenvalue weighted by molar-refractivity contribution is 0.299. The second kappa shape index (κ2) is 8.24. The van der Waals surface area contributed by atoms with Crippen molar-refractivity contribution >= 4 is 34.6 Å². The highest BCUT2D eigenvalue weighted by Crippen LogP contribution is 2.25. The Balaban J connectivity index is 1.97. The number of nitrogens with one attached hydrogen (secondary N) is 2. The first-order chi connectivity index (χ1) is 11.0. The van der Waals surface area contributed by atoms with Gasteiger partial charge < -0.3 is 15.5 Å². The molecular weight excluding hydrogens is 333 g/mol. The predicted octanol–water partition coefficient (Wildman–Crippen LogP) is 4.07. The van der Waals surface area contributed by atoms with Crippen molar-refractivity contribution in [2.45, 2.75) is 6.04 Å². The minimum Gasteiger partial charge on any atom is -0.361 e. The van der Waals surface area contributed by atoms with Gasteiger partial charge in [0.05, 0.1) is 6.04 Å². The van der Waals surface area contributed by atoms with Crippen molar-refractivity contribution in [2.75, 3.05) is 26.0 Å². The van der Waals surface area contributed by atoms with Crippen molar-refractivity contribution in [3.63, 3.8) is 0 Å². The van der Waals surface area contributed by atoms with Gasteiger partial charge in [-0.15, -0.1) is 0 Å². The number of likely N-dealkylation sites (N-methyl/N-ethyl adjacent to an activating group) is 1. The van der Waals surface area contributed by atoms with Crippen LogP contribution in [0.1, 0.15) is 11.6 Å². The van der Waals surface area contributed by atoms with Crippen molar-refractivity contribution < 1.29 is 4.39 Å². The standard InChI is InChI=1S/C17H19ClFN3S/c1-22(2)16(14-5-3-4-6-15(14)18)11-20-17(23)21-13-9-7-12(19)8-10-13/h3-10,16H,11H2,1-2H3,(H2,20,21,23)/t16-/m1/s1. The highest BCUT2D eigenvalue weighted by Gasteiger charge is 2.17. The van der Waals surface area contributed by atoms with Crippen molar-refractivity contribution in [3.05, 3.63) is 64.9 Å². The Labute approximate surface area is 146 Å². The second-order valence-electron chi connectivity index (χ2n) is 5.34. The van der Waals surface area contributed by atoms with Crippen LogP contribution in [0.25, 0.3) is 0 Å². The van der Waals surface area contributed by atoms with Crippen LogP contribution in [0.15, 0.2) is 48.5 Å². The Hall–Kier alpha value is -1.69. The first kappa shape index (κ1) is 17.7. The molecule has 2 aromatic carbocycles. The zero-order chi connectivity index (χ0) is 16.8. The summed E-state index contributed by atoms with van der Waals surface area (Å²) in [4.78, 5) is 2.08. The van der Waals surface area contributed by atoms with Crippen LogP contribution in [-0.4, -0.2) is 30.7 Å². The summed E-state index contributed by atoms with van der Waals surface area (Å²) in [6.07, 6.45) is 0.